The number of amides is 1. The molecule has 1 amide bonds. The Bertz CT molecular complexity index is 355. The maximum absolute atomic E-state index is 10.9. The number of hydrogen-bond acceptors (Lipinski definition) is 2. The van der Waals surface area contributed by atoms with Gasteiger partial charge in [-0.2, -0.15) is 0 Å². The molecule has 0 radical (unpaired) electrons. The molecule has 1 aliphatic heterocycles. The van der Waals surface area contributed by atoms with Gasteiger partial charge in [0.2, 0.25) is 0 Å². The monoisotopic (exact) mass is 237 g/mol. The highest BCUT2D eigenvalue weighted by molar-refractivity contribution is 8.00. The Balaban J connectivity index is 1.93. The third kappa shape index (κ3) is 2.92. The molecule has 16 heavy (non-hydrogen) atoms. The number of carbonyl (C=O) groups is 1. The van der Waals surface area contributed by atoms with Gasteiger partial charge in [0.1, 0.15) is 0 Å². The van der Waals surface area contributed by atoms with Gasteiger partial charge in [-0.25, -0.2) is 4.79 Å². The second kappa shape index (κ2) is 5.25. The zero-order valence-electron chi connectivity index (χ0n) is 9.00. The first-order chi connectivity index (χ1) is 7.75. The quantitative estimate of drug-likeness (QED) is 0.859. The van der Waals surface area contributed by atoms with Gasteiger partial charge in [0, 0.05) is 23.2 Å². The summed E-state index contributed by atoms with van der Waals surface area (Å²) in [7, 11) is 0. The zero-order chi connectivity index (χ0) is 11.4. The molecule has 1 aliphatic rings. The lowest BCUT2D eigenvalue weighted by molar-refractivity contribution is 0.137. The van der Waals surface area contributed by atoms with Gasteiger partial charge in [-0.3, -0.25) is 0 Å². The lowest BCUT2D eigenvalue weighted by atomic mass is 10.1. The molecule has 1 aromatic rings. The molecule has 0 bridgehead atoms. The molecule has 1 aromatic carbocycles. The zero-order valence-corrected chi connectivity index (χ0v) is 9.82. The Morgan fingerprint density at radius 3 is 2.81 bits per heavy atom. The second-order valence-electron chi connectivity index (χ2n) is 3.92. The molecule has 0 saturated carbocycles. The number of thioether (sulfide) groups is 1. The van der Waals surface area contributed by atoms with E-state index in [4.69, 9.17) is 5.11 Å². The fourth-order valence-electron chi connectivity index (χ4n) is 1.90. The van der Waals surface area contributed by atoms with Crippen molar-refractivity contribution in [1.82, 2.24) is 4.90 Å². The van der Waals surface area contributed by atoms with Gasteiger partial charge in [-0.05, 0) is 25.0 Å². The van der Waals surface area contributed by atoms with Crippen molar-refractivity contribution in [1.29, 1.82) is 0 Å². The van der Waals surface area contributed by atoms with Crippen LogP contribution in [0.1, 0.15) is 12.8 Å². The summed E-state index contributed by atoms with van der Waals surface area (Å²) in [5.41, 5.74) is 0. The van der Waals surface area contributed by atoms with E-state index in [2.05, 4.69) is 12.1 Å². The minimum Gasteiger partial charge on any atom is -0.465 e. The first kappa shape index (κ1) is 11.3. The number of likely N-dealkylation sites (tertiary alicyclic amines) is 1. The highest BCUT2D eigenvalue weighted by Crippen LogP contribution is 2.29. The normalized spacial score (nSPS) is 20.8. The van der Waals surface area contributed by atoms with E-state index < -0.39 is 6.09 Å². The van der Waals surface area contributed by atoms with Crippen molar-refractivity contribution in [2.75, 3.05) is 13.1 Å². The number of benzene rings is 1. The minimum atomic E-state index is -0.793. The van der Waals surface area contributed by atoms with E-state index in [0.29, 0.717) is 18.3 Å². The fraction of sp³-hybridized carbons (Fsp3) is 0.417. The molecule has 1 N–H and O–H groups in total. The van der Waals surface area contributed by atoms with Crippen LogP contribution >= 0.6 is 11.8 Å². The van der Waals surface area contributed by atoms with Crippen molar-refractivity contribution in [2.24, 2.45) is 0 Å². The maximum atomic E-state index is 10.9. The van der Waals surface area contributed by atoms with E-state index in [1.807, 2.05) is 18.2 Å². The Kier molecular flexibility index (Phi) is 3.72. The van der Waals surface area contributed by atoms with Crippen LogP contribution in [0.5, 0.6) is 0 Å². The number of nitrogens with zero attached hydrogens (tertiary/aromatic N) is 1. The van der Waals surface area contributed by atoms with Crippen LogP contribution in [-0.4, -0.2) is 34.4 Å². The Morgan fingerprint density at radius 1 is 1.38 bits per heavy atom. The fourth-order valence-corrected chi connectivity index (χ4v) is 3.14. The maximum Gasteiger partial charge on any atom is 0.407 e. The van der Waals surface area contributed by atoms with Crippen molar-refractivity contribution < 1.29 is 9.90 Å². The lowest BCUT2D eigenvalue weighted by Gasteiger charge is -2.30. The molecule has 0 aromatic heterocycles. The van der Waals surface area contributed by atoms with Crippen LogP contribution in [0.15, 0.2) is 35.2 Å². The Hall–Kier alpha value is -1.16. The molecule has 1 unspecified atom stereocenters. The van der Waals surface area contributed by atoms with Gasteiger partial charge in [-0.15, -0.1) is 11.8 Å². The largest absolute Gasteiger partial charge is 0.465 e. The van der Waals surface area contributed by atoms with Gasteiger partial charge >= 0.3 is 6.09 Å². The molecular weight excluding hydrogens is 222 g/mol. The van der Waals surface area contributed by atoms with Crippen molar-refractivity contribution in [3.8, 4) is 0 Å². The van der Waals surface area contributed by atoms with Crippen molar-refractivity contribution in [2.45, 2.75) is 23.0 Å². The van der Waals surface area contributed by atoms with Crippen LogP contribution in [0.4, 0.5) is 4.79 Å². The van der Waals surface area contributed by atoms with E-state index >= 15 is 0 Å². The van der Waals surface area contributed by atoms with E-state index in [0.717, 1.165) is 12.8 Å². The third-order valence-electron chi connectivity index (χ3n) is 2.69. The highest BCUT2D eigenvalue weighted by atomic mass is 32.2. The van der Waals surface area contributed by atoms with E-state index in [-0.39, 0.29) is 0 Å². The summed E-state index contributed by atoms with van der Waals surface area (Å²) in [6.45, 7) is 1.33. The molecule has 86 valence electrons. The van der Waals surface area contributed by atoms with E-state index in [1.54, 1.807) is 11.8 Å². The van der Waals surface area contributed by atoms with Gasteiger partial charge in [-0.1, -0.05) is 18.2 Å². The number of piperidine rings is 1. The van der Waals surface area contributed by atoms with Crippen LogP contribution in [0.3, 0.4) is 0 Å². The summed E-state index contributed by atoms with van der Waals surface area (Å²) in [5.74, 6) is 0. The molecule has 1 atom stereocenters. The minimum absolute atomic E-state index is 0.396. The summed E-state index contributed by atoms with van der Waals surface area (Å²) in [5, 5.41) is 9.33. The van der Waals surface area contributed by atoms with E-state index in [9.17, 15) is 4.79 Å². The smallest absolute Gasteiger partial charge is 0.407 e. The molecule has 2 rings (SSSR count). The predicted molar refractivity (Wildman–Crippen MR) is 64.9 cm³/mol. The highest BCUT2D eigenvalue weighted by Gasteiger charge is 2.23. The number of hydrogen-bond donors (Lipinski definition) is 1. The van der Waals surface area contributed by atoms with Crippen molar-refractivity contribution >= 4 is 17.9 Å². The predicted octanol–water partition coefficient (Wildman–Crippen LogP) is 2.92. The molecule has 0 aliphatic carbocycles. The second-order valence-corrected chi connectivity index (χ2v) is 5.30. The lowest BCUT2D eigenvalue weighted by Crippen LogP contribution is -2.40. The van der Waals surface area contributed by atoms with Crippen molar-refractivity contribution in [3.05, 3.63) is 30.3 Å². The first-order valence-electron chi connectivity index (χ1n) is 5.45. The number of rotatable bonds is 2. The molecular formula is C12H15NO2S. The summed E-state index contributed by atoms with van der Waals surface area (Å²) >= 11 is 1.78. The molecule has 4 heteroatoms. The van der Waals surface area contributed by atoms with Gasteiger partial charge in [0.25, 0.3) is 0 Å². The average Bonchev–Trinajstić information content (AvgIpc) is 2.30. The van der Waals surface area contributed by atoms with Crippen molar-refractivity contribution in [3.63, 3.8) is 0 Å². The summed E-state index contributed by atoms with van der Waals surface area (Å²) in [6, 6.07) is 10.2. The van der Waals surface area contributed by atoms with Gasteiger partial charge in [0.15, 0.2) is 0 Å². The molecule has 3 nitrogen and oxygen atoms in total. The summed E-state index contributed by atoms with van der Waals surface area (Å²) in [6.07, 6.45) is 1.28. The first-order valence-corrected chi connectivity index (χ1v) is 6.33. The number of carboxylic acid groups (broad SMARTS) is 1. The van der Waals surface area contributed by atoms with Crippen LogP contribution < -0.4 is 0 Å². The van der Waals surface area contributed by atoms with Crippen LogP contribution in [0.25, 0.3) is 0 Å². The van der Waals surface area contributed by atoms with Crippen LogP contribution in [0, 0.1) is 0 Å². The Labute approximate surface area is 99.5 Å². The van der Waals surface area contributed by atoms with Crippen LogP contribution in [-0.2, 0) is 0 Å². The van der Waals surface area contributed by atoms with Crippen LogP contribution in [0.2, 0.25) is 0 Å². The molecule has 0 spiro atoms. The standard InChI is InChI=1S/C12H15NO2S/c14-12(15)13-8-4-7-11(9-13)16-10-5-2-1-3-6-10/h1-3,5-6,11H,4,7-9H2,(H,14,15). The molecule has 1 heterocycles. The summed E-state index contributed by atoms with van der Waals surface area (Å²) in [4.78, 5) is 13.6. The Morgan fingerprint density at radius 2 is 2.12 bits per heavy atom. The molecule has 1 fully saturated rings. The van der Waals surface area contributed by atoms with Gasteiger partial charge in [0.05, 0.1) is 0 Å². The molecule has 1 saturated heterocycles. The average molecular weight is 237 g/mol. The third-order valence-corrected chi connectivity index (χ3v) is 3.96. The van der Waals surface area contributed by atoms with Gasteiger partial charge < -0.3 is 10.0 Å². The summed E-state index contributed by atoms with van der Waals surface area (Å²) < 4.78 is 0. The SMILES string of the molecule is O=C(O)N1CCCC(Sc2ccccc2)C1. The topological polar surface area (TPSA) is 40.5 Å². The van der Waals surface area contributed by atoms with E-state index in [1.165, 1.54) is 9.80 Å².